The van der Waals surface area contributed by atoms with Crippen LogP contribution in [0.1, 0.15) is 46.5 Å². The van der Waals surface area contributed by atoms with Crippen LogP contribution in [-0.2, 0) is 4.57 Å². The molecule has 0 unspecified atom stereocenters. The zero-order valence-electron chi connectivity index (χ0n) is 15.3. The lowest BCUT2D eigenvalue weighted by atomic mass is 9.92. The lowest BCUT2D eigenvalue weighted by molar-refractivity contribution is 0.103. The number of benzene rings is 2. The summed E-state index contributed by atoms with van der Waals surface area (Å²) in [4.78, 5) is 13.2. The van der Waals surface area contributed by atoms with E-state index in [4.69, 9.17) is 9.47 Å². The van der Waals surface area contributed by atoms with E-state index in [1.54, 1.807) is 12.1 Å². The Morgan fingerprint density at radius 2 is 1.52 bits per heavy atom. The summed E-state index contributed by atoms with van der Waals surface area (Å²) in [6, 6.07) is 7.30. The average Bonchev–Trinajstić information content (AvgIpc) is 2.55. The summed E-state index contributed by atoms with van der Waals surface area (Å²) < 4.78 is 22.8. The topological polar surface area (TPSA) is 52.6 Å². The normalized spacial score (nSPS) is 10.8. The van der Waals surface area contributed by atoms with E-state index in [0.29, 0.717) is 41.1 Å². The van der Waals surface area contributed by atoms with Crippen LogP contribution in [0.4, 0.5) is 0 Å². The number of carbonyl (C=O) groups excluding carboxylic acids is 1. The lowest BCUT2D eigenvalue weighted by Crippen LogP contribution is -2.14. The first-order valence-corrected chi connectivity index (χ1v) is 9.14. The number of hydrogen-bond donors (Lipinski definition) is 0. The molecule has 0 amide bonds. The summed E-state index contributed by atoms with van der Waals surface area (Å²) in [7, 11) is -0.172. The van der Waals surface area contributed by atoms with Crippen molar-refractivity contribution in [2.75, 3.05) is 13.2 Å². The van der Waals surface area contributed by atoms with Crippen molar-refractivity contribution in [2.24, 2.45) is 0 Å². The van der Waals surface area contributed by atoms with Gasteiger partial charge in [-0.1, -0.05) is 17.7 Å². The number of ether oxygens (including phenoxy) is 2. The second-order valence-corrected chi connectivity index (χ2v) is 6.52. The predicted molar refractivity (Wildman–Crippen MR) is 100 cm³/mol. The fourth-order valence-electron chi connectivity index (χ4n) is 3.05. The Labute approximate surface area is 150 Å². The summed E-state index contributed by atoms with van der Waals surface area (Å²) in [5, 5.41) is 0.471. The molecule has 0 atom stereocenters. The number of aryl methyl sites for hydroxylation is 3. The summed E-state index contributed by atoms with van der Waals surface area (Å²) in [6.07, 6.45) is 0. The van der Waals surface area contributed by atoms with Crippen LogP contribution in [0, 0.1) is 20.8 Å². The van der Waals surface area contributed by atoms with Gasteiger partial charge in [-0.2, -0.15) is 0 Å². The molecule has 0 aromatic heterocycles. The zero-order valence-corrected chi connectivity index (χ0v) is 16.2. The molecule has 2 aromatic rings. The molecular weight excluding hydrogens is 335 g/mol. The maximum Gasteiger partial charge on any atom is 0.197 e. The highest BCUT2D eigenvalue weighted by molar-refractivity contribution is 7.34. The SMILES string of the molecule is CCOc1c(P=O)ccc(C(=O)c2c(C)cc(C)cc2C)c1OCC. The predicted octanol–water partition coefficient (Wildman–Crippen LogP) is 4.56. The molecule has 0 saturated heterocycles. The van der Waals surface area contributed by atoms with Crippen molar-refractivity contribution >= 4 is 19.5 Å². The Balaban J connectivity index is 2.68. The molecule has 5 heteroatoms. The number of ketones is 1. The third kappa shape index (κ3) is 3.91. The molecule has 0 aliphatic rings. The van der Waals surface area contributed by atoms with Gasteiger partial charge in [0.05, 0.1) is 24.1 Å². The Bertz CT molecular complexity index is 789. The van der Waals surface area contributed by atoms with E-state index in [1.165, 1.54) is 0 Å². The molecule has 0 spiro atoms. The fourth-order valence-corrected chi connectivity index (χ4v) is 3.43. The van der Waals surface area contributed by atoms with E-state index in [9.17, 15) is 9.36 Å². The second-order valence-electron chi connectivity index (χ2n) is 5.85. The van der Waals surface area contributed by atoms with Crippen molar-refractivity contribution < 1.29 is 18.8 Å². The smallest absolute Gasteiger partial charge is 0.197 e. The minimum Gasteiger partial charge on any atom is -0.489 e. The van der Waals surface area contributed by atoms with E-state index < -0.39 is 0 Å². The van der Waals surface area contributed by atoms with E-state index >= 15 is 0 Å². The third-order valence-corrected chi connectivity index (χ3v) is 4.46. The average molecular weight is 358 g/mol. The standard InChI is InChI=1S/C20H23O4P/c1-6-23-19-15(8-9-16(25-22)20(19)24-7-2)18(21)17-13(4)10-12(3)11-14(17)5/h8-11H,6-7H2,1-5H3. The van der Waals surface area contributed by atoms with Crippen molar-refractivity contribution in [3.63, 3.8) is 0 Å². The maximum atomic E-state index is 13.2. The van der Waals surface area contributed by atoms with Crippen LogP contribution in [-0.4, -0.2) is 19.0 Å². The lowest BCUT2D eigenvalue weighted by Gasteiger charge is -2.17. The van der Waals surface area contributed by atoms with E-state index in [-0.39, 0.29) is 14.2 Å². The molecular formula is C20H23O4P. The Hall–Kier alpha value is -2.19. The van der Waals surface area contributed by atoms with E-state index in [0.717, 1.165) is 16.7 Å². The van der Waals surface area contributed by atoms with Crippen LogP contribution in [0.2, 0.25) is 0 Å². The molecule has 0 fully saturated rings. The highest BCUT2D eigenvalue weighted by atomic mass is 31.1. The summed E-state index contributed by atoms with van der Waals surface area (Å²) in [5.74, 6) is 0.609. The monoisotopic (exact) mass is 358 g/mol. The highest BCUT2D eigenvalue weighted by Crippen LogP contribution is 2.34. The molecule has 0 bridgehead atoms. The molecule has 4 nitrogen and oxygen atoms in total. The third-order valence-electron chi connectivity index (χ3n) is 3.92. The van der Waals surface area contributed by atoms with Gasteiger partial charge in [0.1, 0.15) is 0 Å². The molecule has 0 heterocycles. The van der Waals surface area contributed by atoms with Crippen molar-refractivity contribution in [3.8, 4) is 11.5 Å². The molecule has 0 radical (unpaired) electrons. The highest BCUT2D eigenvalue weighted by Gasteiger charge is 2.24. The van der Waals surface area contributed by atoms with Crippen LogP contribution in [0.15, 0.2) is 24.3 Å². The Morgan fingerprint density at radius 1 is 0.960 bits per heavy atom. The van der Waals surface area contributed by atoms with Gasteiger partial charge in [0.2, 0.25) is 0 Å². The maximum absolute atomic E-state index is 13.2. The van der Waals surface area contributed by atoms with Gasteiger partial charge in [0.15, 0.2) is 25.7 Å². The summed E-state index contributed by atoms with van der Waals surface area (Å²) >= 11 is 0. The first kappa shape index (κ1) is 19.1. The quantitative estimate of drug-likeness (QED) is 0.538. The van der Waals surface area contributed by atoms with Crippen LogP contribution >= 0.6 is 8.46 Å². The molecule has 0 N–H and O–H groups in total. The van der Waals surface area contributed by atoms with Gasteiger partial charge >= 0.3 is 0 Å². The van der Waals surface area contributed by atoms with Gasteiger partial charge in [0.25, 0.3) is 0 Å². The van der Waals surface area contributed by atoms with E-state index in [2.05, 4.69) is 0 Å². The summed E-state index contributed by atoms with van der Waals surface area (Å²) in [5.41, 5.74) is 4.06. The number of hydrogen-bond acceptors (Lipinski definition) is 4. The largest absolute Gasteiger partial charge is 0.489 e. The number of carbonyl (C=O) groups is 1. The Kier molecular flexibility index (Phi) is 6.33. The van der Waals surface area contributed by atoms with Gasteiger partial charge < -0.3 is 9.47 Å². The van der Waals surface area contributed by atoms with Crippen LogP contribution < -0.4 is 14.8 Å². The first-order chi connectivity index (χ1) is 11.9. The molecule has 2 aromatic carbocycles. The van der Waals surface area contributed by atoms with E-state index in [1.807, 2.05) is 46.8 Å². The van der Waals surface area contributed by atoms with Gasteiger partial charge in [-0.3, -0.25) is 9.36 Å². The van der Waals surface area contributed by atoms with Crippen LogP contribution in [0.25, 0.3) is 0 Å². The number of rotatable bonds is 7. The van der Waals surface area contributed by atoms with Crippen LogP contribution in [0.5, 0.6) is 11.5 Å². The molecule has 0 saturated carbocycles. The molecule has 25 heavy (non-hydrogen) atoms. The second kappa shape index (κ2) is 8.26. The van der Waals surface area contributed by atoms with Crippen molar-refractivity contribution in [1.29, 1.82) is 0 Å². The van der Waals surface area contributed by atoms with Crippen LogP contribution in [0.3, 0.4) is 0 Å². The molecule has 0 aliphatic heterocycles. The van der Waals surface area contributed by atoms with Gasteiger partial charge in [0, 0.05) is 5.56 Å². The minimum absolute atomic E-state index is 0.117. The van der Waals surface area contributed by atoms with Gasteiger partial charge in [-0.25, -0.2) is 0 Å². The first-order valence-electron chi connectivity index (χ1n) is 8.33. The Morgan fingerprint density at radius 3 is 2.04 bits per heavy atom. The fraction of sp³-hybridized carbons (Fsp3) is 0.350. The zero-order chi connectivity index (χ0) is 18.6. The van der Waals surface area contributed by atoms with Crippen molar-refractivity contribution in [2.45, 2.75) is 34.6 Å². The van der Waals surface area contributed by atoms with Gasteiger partial charge in [-0.15, -0.1) is 0 Å². The van der Waals surface area contributed by atoms with Gasteiger partial charge in [-0.05, 0) is 57.9 Å². The van der Waals surface area contributed by atoms with Crippen molar-refractivity contribution in [1.82, 2.24) is 0 Å². The summed E-state index contributed by atoms with van der Waals surface area (Å²) in [6.45, 7) is 10.3. The molecule has 132 valence electrons. The molecule has 2 rings (SSSR count). The minimum atomic E-state index is -0.172. The van der Waals surface area contributed by atoms with Crippen molar-refractivity contribution in [3.05, 3.63) is 52.1 Å². The molecule has 0 aliphatic carbocycles.